The number of halogens is 3. The Morgan fingerprint density at radius 1 is 1.00 bits per heavy atom. The van der Waals surface area contributed by atoms with Crippen LogP contribution in [0.4, 0.5) is 13.2 Å². The Balaban J connectivity index is 2.07. The summed E-state index contributed by atoms with van der Waals surface area (Å²) in [7, 11) is 0. The Hall–Kier alpha value is -2.09. The van der Waals surface area contributed by atoms with Crippen molar-refractivity contribution in [3.63, 3.8) is 0 Å². The van der Waals surface area contributed by atoms with Gasteiger partial charge in [0, 0.05) is 32.2 Å². The lowest BCUT2D eigenvalue weighted by Crippen LogP contribution is -2.52. The second kappa shape index (κ2) is 6.35. The first-order chi connectivity index (χ1) is 10.3. The van der Waals surface area contributed by atoms with Crippen molar-refractivity contribution in [2.75, 3.05) is 26.2 Å². The molecule has 0 radical (unpaired) electrons. The third-order valence-corrected chi connectivity index (χ3v) is 3.48. The van der Waals surface area contributed by atoms with Crippen LogP contribution in [0.1, 0.15) is 17.3 Å². The van der Waals surface area contributed by atoms with Gasteiger partial charge in [-0.3, -0.25) is 9.59 Å². The average Bonchev–Trinajstić information content (AvgIpc) is 2.49. The zero-order valence-electron chi connectivity index (χ0n) is 11.9. The molecular formula is C14H15F3N2O3. The Labute approximate surface area is 124 Å². The first kappa shape index (κ1) is 16.3. The number of hydrogen-bond donors (Lipinski definition) is 1. The van der Waals surface area contributed by atoms with Gasteiger partial charge >= 0.3 is 0 Å². The number of piperazine rings is 1. The Morgan fingerprint density at radius 2 is 1.50 bits per heavy atom. The molecule has 1 aromatic rings. The maximum absolute atomic E-state index is 13.6. The van der Waals surface area contributed by atoms with Gasteiger partial charge in [0.05, 0.1) is 5.56 Å². The van der Waals surface area contributed by atoms with Gasteiger partial charge in [-0.1, -0.05) is 0 Å². The molecule has 0 aliphatic carbocycles. The first-order valence-electron chi connectivity index (χ1n) is 6.72. The Bertz CT molecular complexity index is 599. The largest absolute Gasteiger partial charge is 0.384 e. The zero-order chi connectivity index (χ0) is 16.4. The molecule has 1 saturated heterocycles. The highest BCUT2D eigenvalue weighted by atomic mass is 19.2. The van der Waals surface area contributed by atoms with Crippen LogP contribution in [0, 0.1) is 17.5 Å². The van der Waals surface area contributed by atoms with Crippen molar-refractivity contribution in [3.05, 3.63) is 35.1 Å². The molecule has 8 heteroatoms. The second-order valence-corrected chi connectivity index (χ2v) is 5.04. The van der Waals surface area contributed by atoms with Gasteiger partial charge in [0.2, 0.25) is 0 Å². The number of carbonyl (C=O) groups excluding carboxylic acids is 2. The summed E-state index contributed by atoms with van der Waals surface area (Å²) >= 11 is 0. The maximum Gasteiger partial charge on any atom is 0.257 e. The van der Waals surface area contributed by atoms with Crippen molar-refractivity contribution in [2.45, 2.75) is 13.0 Å². The van der Waals surface area contributed by atoms with Crippen molar-refractivity contribution in [1.82, 2.24) is 9.80 Å². The molecule has 1 aliphatic heterocycles. The number of hydrogen-bond acceptors (Lipinski definition) is 3. The van der Waals surface area contributed by atoms with Crippen LogP contribution in [-0.4, -0.2) is 59.0 Å². The molecule has 1 N–H and O–H groups in total. The van der Waals surface area contributed by atoms with Gasteiger partial charge in [-0.25, -0.2) is 13.2 Å². The smallest absolute Gasteiger partial charge is 0.257 e. The maximum atomic E-state index is 13.6. The molecule has 1 aliphatic rings. The molecule has 0 aromatic heterocycles. The second-order valence-electron chi connectivity index (χ2n) is 5.04. The molecule has 1 fully saturated rings. The van der Waals surface area contributed by atoms with E-state index in [0.717, 1.165) is 0 Å². The molecule has 2 rings (SSSR count). The number of benzene rings is 1. The molecule has 1 heterocycles. The highest BCUT2D eigenvalue weighted by molar-refractivity contribution is 5.94. The van der Waals surface area contributed by atoms with Gasteiger partial charge in [0.15, 0.2) is 11.6 Å². The topological polar surface area (TPSA) is 60.9 Å². The van der Waals surface area contributed by atoms with Gasteiger partial charge < -0.3 is 14.9 Å². The standard InChI is InChI=1S/C14H15F3N2O3/c1-8(20)13(21)18-2-4-19(5-3-18)14(22)9-6-11(16)12(17)7-10(9)15/h6-8,20H,2-5H2,1H3. The number of amides is 2. The van der Waals surface area contributed by atoms with Crippen LogP contribution in [0.25, 0.3) is 0 Å². The summed E-state index contributed by atoms with van der Waals surface area (Å²) in [4.78, 5) is 26.4. The molecule has 0 spiro atoms. The highest BCUT2D eigenvalue weighted by Crippen LogP contribution is 2.17. The molecule has 1 unspecified atom stereocenters. The van der Waals surface area contributed by atoms with E-state index in [1.807, 2.05) is 0 Å². The minimum absolute atomic E-state index is 0.121. The molecule has 22 heavy (non-hydrogen) atoms. The molecule has 0 bridgehead atoms. The number of nitrogens with zero attached hydrogens (tertiary/aromatic N) is 2. The van der Waals surface area contributed by atoms with Crippen LogP contribution in [0.5, 0.6) is 0 Å². The average molecular weight is 316 g/mol. The lowest BCUT2D eigenvalue weighted by Gasteiger charge is -2.35. The fourth-order valence-electron chi connectivity index (χ4n) is 2.25. The van der Waals surface area contributed by atoms with E-state index in [1.54, 1.807) is 0 Å². The van der Waals surface area contributed by atoms with E-state index in [1.165, 1.54) is 16.7 Å². The lowest BCUT2D eigenvalue weighted by molar-refractivity contribution is -0.140. The van der Waals surface area contributed by atoms with Crippen molar-refractivity contribution in [3.8, 4) is 0 Å². The molecule has 0 saturated carbocycles. The summed E-state index contributed by atoms with van der Waals surface area (Å²) in [5, 5.41) is 9.22. The molecule has 1 aromatic carbocycles. The normalized spacial score (nSPS) is 16.6. The van der Waals surface area contributed by atoms with E-state index in [0.29, 0.717) is 12.1 Å². The summed E-state index contributed by atoms with van der Waals surface area (Å²) in [6.45, 7) is 1.95. The van der Waals surface area contributed by atoms with Crippen molar-refractivity contribution in [2.24, 2.45) is 0 Å². The summed E-state index contributed by atoms with van der Waals surface area (Å²) in [6.07, 6.45) is -1.13. The third-order valence-electron chi connectivity index (χ3n) is 3.48. The molecule has 2 amide bonds. The van der Waals surface area contributed by atoms with E-state index in [9.17, 15) is 27.9 Å². The zero-order valence-corrected chi connectivity index (χ0v) is 11.9. The first-order valence-corrected chi connectivity index (χ1v) is 6.72. The number of aliphatic hydroxyl groups is 1. The van der Waals surface area contributed by atoms with Crippen LogP contribution < -0.4 is 0 Å². The summed E-state index contributed by atoms with van der Waals surface area (Å²) in [5.41, 5.74) is -0.547. The minimum Gasteiger partial charge on any atom is -0.384 e. The van der Waals surface area contributed by atoms with Gasteiger partial charge in [-0.05, 0) is 13.0 Å². The van der Waals surface area contributed by atoms with Gasteiger partial charge in [0.25, 0.3) is 11.8 Å². The quantitative estimate of drug-likeness (QED) is 0.820. The Kier molecular flexibility index (Phi) is 4.70. The summed E-state index contributed by atoms with van der Waals surface area (Å²) in [5.74, 6) is -5.01. The van der Waals surface area contributed by atoms with E-state index in [-0.39, 0.29) is 26.2 Å². The fourth-order valence-corrected chi connectivity index (χ4v) is 2.25. The number of rotatable bonds is 2. The minimum atomic E-state index is -1.36. The van der Waals surface area contributed by atoms with Crippen LogP contribution >= 0.6 is 0 Å². The van der Waals surface area contributed by atoms with Crippen LogP contribution in [0.2, 0.25) is 0 Å². The van der Waals surface area contributed by atoms with Gasteiger partial charge in [0.1, 0.15) is 11.9 Å². The molecule has 1 atom stereocenters. The van der Waals surface area contributed by atoms with Gasteiger partial charge in [-0.15, -0.1) is 0 Å². The molecular weight excluding hydrogens is 301 g/mol. The van der Waals surface area contributed by atoms with Crippen LogP contribution in [-0.2, 0) is 4.79 Å². The van der Waals surface area contributed by atoms with Crippen molar-refractivity contribution >= 4 is 11.8 Å². The molecule has 120 valence electrons. The highest BCUT2D eigenvalue weighted by Gasteiger charge is 2.28. The van der Waals surface area contributed by atoms with Crippen LogP contribution in [0.15, 0.2) is 12.1 Å². The predicted molar refractivity (Wildman–Crippen MR) is 70.5 cm³/mol. The van der Waals surface area contributed by atoms with Gasteiger partial charge in [-0.2, -0.15) is 0 Å². The SMILES string of the molecule is CC(O)C(=O)N1CCN(C(=O)c2cc(F)c(F)cc2F)CC1. The fraction of sp³-hybridized carbons (Fsp3) is 0.429. The van der Waals surface area contributed by atoms with Crippen molar-refractivity contribution in [1.29, 1.82) is 0 Å². The lowest BCUT2D eigenvalue weighted by atomic mass is 10.1. The van der Waals surface area contributed by atoms with E-state index in [4.69, 9.17) is 0 Å². The summed E-state index contributed by atoms with van der Waals surface area (Å²) < 4.78 is 39.6. The monoisotopic (exact) mass is 316 g/mol. The number of aliphatic hydroxyl groups excluding tert-OH is 1. The van der Waals surface area contributed by atoms with E-state index < -0.39 is 40.9 Å². The predicted octanol–water partition coefficient (Wildman–Crippen LogP) is 0.769. The third kappa shape index (κ3) is 3.22. The number of carbonyl (C=O) groups is 2. The van der Waals surface area contributed by atoms with Crippen LogP contribution in [0.3, 0.4) is 0 Å². The van der Waals surface area contributed by atoms with Crippen molar-refractivity contribution < 1.29 is 27.9 Å². The van der Waals surface area contributed by atoms with E-state index >= 15 is 0 Å². The molecule has 5 nitrogen and oxygen atoms in total. The Morgan fingerprint density at radius 3 is 2.05 bits per heavy atom. The summed E-state index contributed by atoms with van der Waals surface area (Å²) in [6, 6.07) is 0.857. The van der Waals surface area contributed by atoms with E-state index in [2.05, 4.69) is 0 Å².